The molecule has 0 unspecified atom stereocenters. The zero-order chi connectivity index (χ0) is 36.8. The first-order chi connectivity index (χ1) is 24.3. The van der Waals surface area contributed by atoms with E-state index in [2.05, 4.69) is 60.9 Å². The Hall–Kier alpha value is -1.99. The molecule has 0 saturated heterocycles. The maximum atomic E-state index is 12.4. The van der Waals surface area contributed by atoms with Crippen LogP contribution in [0.4, 0.5) is 0 Å². The van der Waals surface area contributed by atoms with Crippen molar-refractivity contribution >= 4 is 19.8 Å². The van der Waals surface area contributed by atoms with Crippen molar-refractivity contribution in [1.82, 2.24) is 0 Å². The maximum Gasteiger partial charge on any atom is 0.469 e. The number of phosphoric ester groups is 1. The number of hydrogen-bond acceptors (Lipinski definition) is 6. The van der Waals surface area contributed by atoms with Crippen molar-refractivity contribution in [1.29, 1.82) is 0 Å². The number of rotatable bonds is 36. The number of ether oxygens (including phenoxy) is 2. The highest BCUT2D eigenvalue weighted by Gasteiger charge is 2.22. The highest BCUT2D eigenvalue weighted by Crippen LogP contribution is 2.36. The van der Waals surface area contributed by atoms with Gasteiger partial charge in [0.2, 0.25) is 0 Å². The van der Waals surface area contributed by atoms with E-state index >= 15 is 0 Å². The molecule has 0 heterocycles. The molecular weight excluding hydrogens is 651 g/mol. The lowest BCUT2D eigenvalue weighted by Gasteiger charge is -2.18. The molecule has 50 heavy (non-hydrogen) atoms. The van der Waals surface area contributed by atoms with Gasteiger partial charge < -0.3 is 19.3 Å². The molecule has 0 rings (SSSR count). The van der Waals surface area contributed by atoms with Crippen LogP contribution in [-0.2, 0) is 28.2 Å². The van der Waals surface area contributed by atoms with Gasteiger partial charge in [-0.3, -0.25) is 14.1 Å². The Balaban J connectivity index is 4.05. The summed E-state index contributed by atoms with van der Waals surface area (Å²) < 4.78 is 26.3. The van der Waals surface area contributed by atoms with Crippen LogP contribution in [0.25, 0.3) is 0 Å². The van der Waals surface area contributed by atoms with Gasteiger partial charge in [0.25, 0.3) is 0 Å². The van der Waals surface area contributed by atoms with Gasteiger partial charge in [0.1, 0.15) is 6.61 Å². The van der Waals surface area contributed by atoms with Gasteiger partial charge in [-0.25, -0.2) is 4.57 Å². The van der Waals surface area contributed by atoms with E-state index in [1.807, 2.05) is 6.08 Å². The monoisotopic (exact) mass is 725 g/mol. The van der Waals surface area contributed by atoms with Gasteiger partial charge in [0.15, 0.2) is 6.10 Å². The molecule has 9 heteroatoms. The van der Waals surface area contributed by atoms with E-state index in [1.54, 1.807) is 0 Å². The van der Waals surface area contributed by atoms with Crippen LogP contribution in [-0.4, -0.2) is 41.0 Å². The number of allylic oxidation sites excluding steroid dienone is 8. The normalized spacial score (nSPS) is 13.0. The summed E-state index contributed by atoms with van der Waals surface area (Å²) in [4.78, 5) is 42.7. The second-order valence-electron chi connectivity index (χ2n) is 13.2. The quantitative estimate of drug-likeness (QED) is 0.0284. The summed E-state index contributed by atoms with van der Waals surface area (Å²) in [6.45, 7) is 3.62. The highest BCUT2D eigenvalue weighted by molar-refractivity contribution is 7.46. The number of carbonyl (C=O) groups is 2. The van der Waals surface area contributed by atoms with Crippen LogP contribution in [0.15, 0.2) is 48.6 Å². The molecule has 0 aliphatic heterocycles. The van der Waals surface area contributed by atoms with Crippen molar-refractivity contribution in [2.75, 3.05) is 13.2 Å². The third-order valence-corrected chi connectivity index (χ3v) is 8.81. The first kappa shape index (κ1) is 48.0. The Morgan fingerprint density at radius 3 is 1.42 bits per heavy atom. The molecule has 0 aliphatic carbocycles. The summed E-state index contributed by atoms with van der Waals surface area (Å²) in [6, 6.07) is 0. The van der Waals surface area contributed by atoms with Crippen LogP contribution in [0.1, 0.15) is 181 Å². The Morgan fingerprint density at radius 1 is 0.520 bits per heavy atom. The van der Waals surface area contributed by atoms with E-state index < -0.39 is 32.5 Å². The van der Waals surface area contributed by atoms with E-state index in [-0.39, 0.29) is 19.4 Å². The van der Waals surface area contributed by atoms with Crippen LogP contribution >= 0.6 is 7.82 Å². The molecular formula is C41H73O8P. The van der Waals surface area contributed by atoms with Gasteiger partial charge in [-0.2, -0.15) is 0 Å². The summed E-state index contributed by atoms with van der Waals surface area (Å²) in [5, 5.41) is 0. The molecule has 0 saturated carbocycles. The minimum absolute atomic E-state index is 0.138. The topological polar surface area (TPSA) is 119 Å². The van der Waals surface area contributed by atoms with Crippen molar-refractivity contribution < 1.29 is 37.9 Å². The van der Waals surface area contributed by atoms with Gasteiger partial charge in [0.05, 0.1) is 6.61 Å². The lowest BCUT2D eigenvalue weighted by molar-refractivity contribution is -0.161. The molecule has 8 nitrogen and oxygen atoms in total. The molecule has 1 atom stereocenters. The molecule has 0 aromatic rings. The van der Waals surface area contributed by atoms with Gasteiger partial charge in [-0.1, -0.05) is 146 Å². The summed E-state index contributed by atoms with van der Waals surface area (Å²) in [7, 11) is -4.77. The summed E-state index contributed by atoms with van der Waals surface area (Å²) >= 11 is 0. The van der Waals surface area contributed by atoms with E-state index in [1.165, 1.54) is 83.5 Å². The van der Waals surface area contributed by atoms with Crippen molar-refractivity contribution in [2.24, 2.45) is 0 Å². The van der Waals surface area contributed by atoms with Crippen LogP contribution in [0, 0.1) is 0 Å². The third kappa shape index (κ3) is 38.8. The minimum Gasteiger partial charge on any atom is -0.462 e. The van der Waals surface area contributed by atoms with E-state index in [0.29, 0.717) is 19.3 Å². The molecule has 0 aromatic carbocycles. The molecule has 0 aliphatic rings. The zero-order valence-corrected chi connectivity index (χ0v) is 32.7. The van der Waals surface area contributed by atoms with Crippen LogP contribution in [0.2, 0.25) is 0 Å². The summed E-state index contributed by atoms with van der Waals surface area (Å²) in [5.74, 6) is -0.957. The Labute approximate surface area is 305 Å². The fourth-order valence-electron chi connectivity index (χ4n) is 5.32. The molecule has 0 amide bonds. The van der Waals surface area contributed by atoms with Crippen LogP contribution < -0.4 is 0 Å². The summed E-state index contributed by atoms with van der Waals surface area (Å²) in [6.07, 6.45) is 44.1. The van der Waals surface area contributed by atoms with Gasteiger partial charge >= 0.3 is 19.8 Å². The fourth-order valence-corrected chi connectivity index (χ4v) is 5.68. The Bertz CT molecular complexity index is 952. The van der Waals surface area contributed by atoms with E-state index in [9.17, 15) is 14.2 Å². The number of unbranched alkanes of at least 4 members (excludes halogenated alkanes) is 18. The zero-order valence-electron chi connectivity index (χ0n) is 31.8. The first-order valence-corrected chi connectivity index (χ1v) is 21.5. The molecule has 2 N–H and O–H groups in total. The van der Waals surface area contributed by atoms with Crippen molar-refractivity contribution in [3.8, 4) is 0 Å². The molecule has 0 radical (unpaired) electrons. The third-order valence-electron chi connectivity index (χ3n) is 8.32. The molecule has 0 aromatic heterocycles. The van der Waals surface area contributed by atoms with Gasteiger partial charge in [0, 0.05) is 12.8 Å². The SMILES string of the molecule is CCCCCCCC/C=C/C/C=C/C/C=C/CCCC(=O)O[C@H](COC(=O)CCCCCCC/C=C/CCCCCCCC)COP(=O)(O)O. The number of hydrogen-bond donors (Lipinski definition) is 2. The maximum absolute atomic E-state index is 12.4. The largest absolute Gasteiger partial charge is 0.469 e. The van der Waals surface area contributed by atoms with Crippen LogP contribution in [0.5, 0.6) is 0 Å². The summed E-state index contributed by atoms with van der Waals surface area (Å²) in [5.41, 5.74) is 0. The number of esters is 2. The van der Waals surface area contributed by atoms with Crippen molar-refractivity contribution in [2.45, 2.75) is 187 Å². The minimum atomic E-state index is -4.77. The van der Waals surface area contributed by atoms with Gasteiger partial charge in [-0.05, 0) is 70.6 Å². The van der Waals surface area contributed by atoms with Crippen LogP contribution in [0.3, 0.4) is 0 Å². The highest BCUT2D eigenvalue weighted by atomic mass is 31.2. The molecule has 0 fully saturated rings. The lowest BCUT2D eigenvalue weighted by atomic mass is 10.1. The standard InChI is InChI=1S/C41H73O8P/c1-3-5-7-9-11-13-15-17-19-20-22-24-26-28-30-32-34-36-41(43)49-39(38-48-50(44,45)46)37-47-40(42)35-33-31-29-27-25-23-21-18-16-14-12-10-8-6-4-2/h17-19,21-22,24,28,30,39H,3-16,20,23,25-27,29,31-38H2,1-2H3,(H2,44,45,46)/b19-17+,21-18+,24-22+,30-28+/t39-/m1/s1. The van der Waals surface area contributed by atoms with Crippen molar-refractivity contribution in [3.05, 3.63) is 48.6 Å². The first-order valence-electron chi connectivity index (χ1n) is 19.9. The van der Waals surface area contributed by atoms with Gasteiger partial charge in [-0.15, -0.1) is 0 Å². The van der Waals surface area contributed by atoms with E-state index in [0.717, 1.165) is 51.4 Å². The Kier molecular flexibility index (Phi) is 35.3. The van der Waals surface area contributed by atoms with E-state index in [4.69, 9.17) is 19.3 Å². The smallest absolute Gasteiger partial charge is 0.462 e. The molecule has 290 valence electrons. The number of carbonyl (C=O) groups excluding carboxylic acids is 2. The average Bonchev–Trinajstić information content (AvgIpc) is 3.08. The fraction of sp³-hybridized carbons (Fsp3) is 0.756. The number of phosphoric acid groups is 1. The lowest BCUT2D eigenvalue weighted by Crippen LogP contribution is -2.29. The van der Waals surface area contributed by atoms with Crippen molar-refractivity contribution in [3.63, 3.8) is 0 Å². The predicted octanol–water partition coefficient (Wildman–Crippen LogP) is 12.0. The molecule has 0 bridgehead atoms. The molecule has 0 spiro atoms. The predicted molar refractivity (Wildman–Crippen MR) is 207 cm³/mol. The Morgan fingerprint density at radius 2 is 0.920 bits per heavy atom. The second-order valence-corrected chi connectivity index (χ2v) is 14.5. The average molecular weight is 725 g/mol. The second kappa shape index (κ2) is 36.8.